The van der Waals surface area contributed by atoms with Crippen molar-refractivity contribution in [1.29, 1.82) is 0 Å². The van der Waals surface area contributed by atoms with E-state index in [4.69, 9.17) is 0 Å². The molecule has 0 unspecified atom stereocenters. The van der Waals surface area contributed by atoms with E-state index >= 15 is 0 Å². The Morgan fingerprint density at radius 1 is 1.33 bits per heavy atom. The van der Waals surface area contributed by atoms with Crippen LogP contribution in [0.25, 0.3) is 10.9 Å². The maximum atomic E-state index is 11.3. The highest BCUT2D eigenvalue weighted by Crippen LogP contribution is 2.27. The van der Waals surface area contributed by atoms with Gasteiger partial charge in [-0.3, -0.25) is 0 Å². The van der Waals surface area contributed by atoms with Gasteiger partial charge >= 0.3 is 5.97 Å². The smallest absolute Gasteiger partial charge is 0.354 e. The molecule has 21 heavy (non-hydrogen) atoms. The summed E-state index contributed by atoms with van der Waals surface area (Å²) in [5, 5.41) is 14.3. The van der Waals surface area contributed by atoms with Crippen LogP contribution in [0.3, 0.4) is 0 Å². The fourth-order valence-corrected chi connectivity index (χ4v) is 2.98. The molecule has 0 radical (unpaired) electrons. The summed E-state index contributed by atoms with van der Waals surface area (Å²) in [7, 11) is 1.96. The molecule has 0 bridgehead atoms. The zero-order valence-electron chi connectivity index (χ0n) is 11.5. The number of anilines is 1. The first kappa shape index (κ1) is 13.6. The second-order valence-electron chi connectivity index (χ2n) is 4.84. The number of fused-ring (bicyclic) bond motifs is 1. The Hall–Kier alpha value is -2.40. The van der Waals surface area contributed by atoms with Crippen molar-refractivity contribution in [1.82, 2.24) is 4.98 Å². The van der Waals surface area contributed by atoms with Crippen molar-refractivity contribution in [2.75, 3.05) is 11.9 Å². The Kier molecular flexibility index (Phi) is 3.58. The maximum Gasteiger partial charge on any atom is 0.354 e. The van der Waals surface area contributed by atoms with E-state index in [-0.39, 0.29) is 5.69 Å². The predicted molar refractivity (Wildman–Crippen MR) is 85.1 cm³/mol. The normalized spacial score (nSPS) is 10.7. The van der Waals surface area contributed by atoms with Gasteiger partial charge in [0.1, 0.15) is 0 Å². The molecule has 0 aliphatic rings. The molecule has 0 saturated carbocycles. The summed E-state index contributed by atoms with van der Waals surface area (Å²) in [6.45, 7) is 0.733. The van der Waals surface area contributed by atoms with E-state index in [0.29, 0.717) is 5.52 Å². The standard InChI is InChI=1S/C16H14N2O2S/c1-18(9-11-6-7-21-10-11)15-8-14(16(19)20)17-13-5-3-2-4-12(13)15/h2-8,10H,9H2,1H3,(H,19,20). The minimum absolute atomic E-state index is 0.0702. The summed E-state index contributed by atoms with van der Waals surface area (Å²) < 4.78 is 0. The molecule has 106 valence electrons. The lowest BCUT2D eigenvalue weighted by Gasteiger charge is -2.21. The molecule has 0 saturated heterocycles. The van der Waals surface area contributed by atoms with Crippen LogP contribution in [0.1, 0.15) is 16.1 Å². The highest BCUT2D eigenvalue weighted by atomic mass is 32.1. The van der Waals surface area contributed by atoms with Crippen LogP contribution in [0.2, 0.25) is 0 Å². The largest absolute Gasteiger partial charge is 0.477 e. The van der Waals surface area contributed by atoms with Crippen molar-refractivity contribution >= 4 is 33.9 Å². The zero-order chi connectivity index (χ0) is 14.8. The fraction of sp³-hybridized carbons (Fsp3) is 0.125. The molecule has 0 fully saturated rings. The van der Waals surface area contributed by atoms with Crippen LogP contribution in [0.5, 0.6) is 0 Å². The van der Waals surface area contributed by atoms with Gasteiger partial charge in [-0.15, -0.1) is 0 Å². The van der Waals surface area contributed by atoms with Crippen LogP contribution >= 0.6 is 11.3 Å². The van der Waals surface area contributed by atoms with Gasteiger partial charge in [-0.2, -0.15) is 11.3 Å². The van der Waals surface area contributed by atoms with Crippen LogP contribution in [-0.2, 0) is 6.54 Å². The van der Waals surface area contributed by atoms with Crippen molar-refractivity contribution < 1.29 is 9.90 Å². The quantitative estimate of drug-likeness (QED) is 0.799. The number of benzene rings is 1. The number of aromatic carboxylic acids is 1. The van der Waals surface area contributed by atoms with E-state index in [9.17, 15) is 9.90 Å². The SMILES string of the molecule is CN(Cc1ccsc1)c1cc(C(=O)O)nc2ccccc12. The van der Waals surface area contributed by atoms with Crippen molar-refractivity contribution in [2.24, 2.45) is 0 Å². The molecule has 0 aliphatic carbocycles. The molecule has 3 rings (SSSR count). The van der Waals surface area contributed by atoms with Crippen LogP contribution in [0.15, 0.2) is 47.2 Å². The number of pyridine rings is 1. The summed E-state index contributed by atoms with van der Waals surface area (Å²) in [5.41, 5.74) is 2.86. The number of rotatable bonds is 4. The van der Waals surface area contributed by atoms with Gasteiger partial charge in [0.05, 0.1) is 5.52 Å². The zero-order valence-corrected chi connectivity index (χ0v) is 12.3. The summed E-state index contributed by atoms with van der Waals surface area (Å²) in [6.07, 6.45) is 0. The average molecular weight is 298 g/mol. The number of aromatic nitrogens is 1. The minimum atomic E-state index is -1.01. The number of carboxylic acids is 1. The molecule has 0 aliphatic heterocycles. The Balaban J connectivity index is 2.08. The van der Waals surface area contributed by atoms with Gasteiger partial charge < -0.3 is 10.0 Å². The summed E-state index contributed by atoms with van der Waals surface area (Å²) in [4.78, 5) is 17.5. The number of hydrogen-bond acceptors (Lipinski definition) is 4. The molecular formula is C16H14N2O2S. The molecule has 2 heterocycles. The van der Waals surface area contributed by atoms with Crippen molar-refractivity contribution in [3.05, 3.63) is 58.4 Å². The topological polar surface area (TPSA) is 53.4 Å². The lowest BCUT2D eigenvalue weighted by atomic mass is 10.1. The number of thiophene rings is 1. The summed E-state index contributed by atoms with van der Waals surface area (Å²) in [6, 6.07) is 11.3. The third-order valence-electron chi connectivity index (χ3n) is 3.32. The predicted octanol–water partition coefficient (Wildman–Crippen LogP) is 3.63. The second kappa shape index (κ2) is 5.54. The third kappa shape index (κ3) is 2.73. The van der Waals surface area contributed by atoms with Crippen molar-refractivity contribution in [2.45, 2.75) is 6.54 Å². The summed E-state index contributed by atoms with van der Waals surface area (Å²) >= 11 is 1.66. The Labute approximate surface area is 126 Å². The third-order valence-corrected chi connectivity index (χ3v) is 4.06. The Morgan fingerprint density at radius 3 is 2.86 bits per heavy atom. The van der Waals surface area contributed by atoms with Gasteiger partial charge in [0.15, 0.2) is 5.69 Å². The highest BCUT2D eigenvalue weighted by Gasteiger charge is 2.13. The van der Waals surface area contributed by atoms with Crippen molar-refractivity contribution in [3.8, 4) is 0 Å². The lowest BCUT2D eigenvalue weighted by molar-refractivity contribution is 0.0691. The first-order valence-corrected chi connectivity index (χ1v) is 7.45. The molecule has 1 aromatic carbocycles. The molecule has 0 spiro atoms. The molecule has 3 aromatic rings. The molecule has 0 atom stereocenters. The maximum absolute atomic E-state index is 11.3. The van der Waals surface area contributed by atoms with Crippen LogP contribution in [0, 0.1) is 0 Å². The van der Waals surface area contributed by atoms with E-state index in [2.05, 4.69) is 21.3 Å². The van der Waals surface area contributed by atoms with Gasteiger partial charge in [0.25, 0.3) is 0 Å². The van der Waals surface area contributed by atoms with Gasteiger partial charge in [0, 0.05) is 24.7 Å². The monoisotopic (exact) mass is 298 g/mol. The van der Waals surface area contributed by atoms with Gasteiger partial charge in [-0.05, 0) is 34.5 Å². The second-order valence-corrected chi connectivity index (χ2v) is 5.62. The number of nitrogens with zero attached hydrogens (tertiary/aromatic N) is 2. The van der Waals surface area contributed by atoms with Crippen molar-refractivity contribution in [3.63, 3.8) is 0 Å². The molecule has 4 nitrogen and oxygen atoms in total. The number of carboxylic acid groups (broad SMARTS) is 1. The van der Waals surface area contributed by atoms with Gasteiger partial charge in [-0.1, -0.05) is 18.2 Å². The van der Waals surface area contributed by atoms with E-state index in [1.54, 1.807) is 17.4 Å². The highest BCUT2D eigenvalue weighted by molar-refractivity contribution is 7.07. The molecule has 1 N–H and O–H groups in total. The summed E-state index contributed by atoms with van der Waals surface area (Å²) in [5.74, 6) is -1.01. The lowest BCUT2D eigenvalue weighted by Crippen LogP contribution is -2.17. The number of hydrogen-bond donors (Lipinski definition) is 1. The fourth-order valence-electron chi connectivity index (χ4n) is 2.32. The van der Waals surface area contributed by atoms with E-state index in [0.717, 1.165) is 17.6 Å². The average Bonchev–Trinajstić information content (AvgIpc) is 2.98. The molecular weight excluding hydrogens is 284 g/mol. The van der Waals surface area contributed by atoms with Crippen LogP contribution < -0.4 is 4.90 Å². The Morgan fingerprint density at radius 2 is 2.14 bits per heavy atom. The molecule has 2 aromatic heterocycles. The Bertz CT molecular complexity index is 784. The number of carbonyl (C=O) groups is 1. The number of para-hydroxylation sites is 1. The van der Waals surface area contributed by atoms with Crippen LogP contribution in [-0.4, -0.2) is 23.1 Å². The van der Waals surface area contributed by atoms with Gasteiger partial charge in [0.2, 0.25) is 0 Å². The minimum Gasteiger partial charge on any atom is -0.477 e. The van der Waals surface area contributed by atoms with E-state index < -0.39 is 5.97 Å². The van der Waals surface area contributed by atoms with Gasteiger partial charge in [-0.25, -0.2) is 9.78 Å². The molecule has 5 heteroatoms. The van der Waals surface area contributed by atoms with E-state index in [1.165, 1.54) is 5.56 Å². The first-order valence-electron chi connectivity index (χ1n) is 6.50. The van der Waals surface area contributed by atoms with E-state index in [1.807, 2.05) is 36.7 Å². The molecule has 0 amide bonds. The first-order chi connectivity index (χ1) is 10.1. The van der Waals surface area contributed by atoms with Crippen LogP contribution in [0.4, 0.5) is 5.69 Å².